The zero-order valence-electron chi connectivity index (χ0n) is 21.1. The van der Waals surface area contributed by atoms with Crippen LogP contribution in [-0.4, -0.2) is 52.0 Å². The van der Waals surface area contributed by atoms with E-state index in [2.05, 4.69) is 4.98 Å². The molecule has 2 fully saturated rings. The highest BCUT2D eigenvalue weighted by Gasteiger charge is 2.47. The Balaban J connectivity index is 1.42. The zero-order valence-corrected chi connectivity index (χ0v) is 21.9. The molecule has 8 nitrogen and oxygen atoms in total. The highest BCUT2D eigenvalue weighted by molar-refractivity contribution is 8.00. The van der Waals surface area contributed by atoms with Crippen molar-refractivity contribution in [3.63, 3.8) is 0 Å². The van der Waals surface area contributed by atoms with Gasteiger partial charge in [0, 0.05) is 6.04 Å². The number of ether oxygens (including phenoxy) is 1. The predicted octanol–water partition coefficient (Wildman–Crippen LogP) is 5.20. The molecule has 1 saturated carbocycles. The minimum Gasteiger partial charge on any atom is -0.497 e. The minimum atomic E-state index is -0.816. The van der Waals surface area contributed by atoms with Gasteiger partial charge < -0.3 is 14.1 Å². The number of hydrogen-bond donors (Lipinski definition) is 0. The lowest BCUT2D eigenvalue weighted by Crippen LogP contribution is -2.53. The van der Waals surface area contributed by atoms with E-state index in [1.54, 1.807) is 36.3 Å². The molecule has 5 rings (SSSR count). The molecule has 9 heteroatoms. The number of fused-ring (bicyclic) bond motifs is 1. The monoisotopic (exact) mass is 521 g/mol. The third-order valence-electron chi connectivity index (χ3n) is 7.18. The maximum absolute atomic E-state index is 14.1. The number of hydrogen-bond acceptors (Lipinski definition) is 7. The molecule has 2 aliphatic rings. The van der Waals surface area contributed by atoms with Crippen molar-refractivity contribution in [2.75, 3.05) is 12.0 Å². The Labute approximate surface area is 220 Å². The van der Waals surface area contributed by atoms with Crippen LogP contribution < -0.4 is 9.64 Å². The van der Waals surface area contributed by atoms with E-state index in [0.717, 1.165) is 37.6 Å². The van der Waals surface area contributed by atoms with Crippen molar-refractivity contribution in [3.05, 3.63) is 48.5 Å². The first-order valence-corrected chi connectivity index (χ1v) is 13.7. The van der Waals surface area contributed by atoms with Crippen LogP contribution in [0.2, 0.25) is 0 Å². The van der Waals surface area contributed by atoms with E-state index in [0.29, 0.717) is 28.7 Å². The van der Waals surface area contributed by atoms with Gasteiger partial charge in [-0.3, -0.25) is 14.4 Å². The fraction of sp³-hybridized carbons (Fsp3) is 0.429. The van der Waals surface area contributed by atoms with E-state index in [9.17, 15) is 14.4 Å². The number of anilines is 1. The summed E-state index contributed by atoms with van der Waals surface area (Å²) < 4.78 is 11.1. The van der Waals surface area contributed by atoms with Gasteiger partial charge in [-0.15, -0.1) is 0 Å². The second-order valence-electron chi connectivity index (χ2n) is 9.48. The van der Waals surface area contributed by atoms with Crippen molar-refractivity contribution in [1.82, 2.24) is 9.88 Å². The Morgan fingerprint density at radius 2 is 1.86 bits per heavy atom. The molecule has 2 aromatic carbocycles. The fourth-order valence-corrected chi connectivity index (χ4v) is 6.20. The molecule has 1 saturated heterocycles. The lowest BCUT2D eigenvalue weighted by Gasteiger charge is -2.39. The van der Waals surface area contributed by atoms with Crippen molar-refractivity contribution >= 4 is 46.3 Å². The molecule has 1 aliphatic carbocycles. The summed E-state index contributed by atoms with van der Waals surface area (Å²) in [6.45, 7) is 1.95. The fourth-order valence-electron chi connectivity index (χ4n) is 5.28. The molecule has 194 valence electrons. The number of amides is 3. The highest BCUT2D eigenvalue weighted by Crippen LogP contribution is 2.35. The molecule has 3 amide bonds. The number of nitrogens with zero attached hydrogens (tertiary/aromatic N) is 3. The van der Waals surface area contributed by atoms with Crippen LogP contribution in [0.4, 0.5) is 5.69 Å². The van der Waals surface area contributed by atoms with Gasteiger partial charge in [-0.2, -0.15) is 0 Å². The summed E-state index contributed by atoms with van der Waals surface area (Å²) in [5, 5.41) is -0.0494. The molecular weight excluding hydrogens is 490 g/mol. The molecule has 0 N–H and O–H groups in total. The van der Waals surface area contributed by atoms with Crippen LogP contribution in [-0.2, 0) is 14.4 Å². The van der Waals surface area contributed by atoms with Crippen LogP contribution in [0.3, 0.4) is 0 Å². The molecule has 0 spiro atoms. The smallest absolute Gasteiger partial charge is 0.257 e. The Kier molecular flexibility index (Phi) is 7.50. The second-order valence-corrected chi connectivity index (χ2v) is 10.6. The van der Waals surface area contributed by atoms with Crippen molar-refractivity contribution < 1.29 is 23.5 Å². The number of thioether (sulfide) groups is 1. The topological polar surface area (TPSA) is 93.0 Å². The quantitative estimate of drug-likeness (QED) is 0.297. The number of para-hydroxylation sites is 2. The van der Waals surface area contributed by atoms with Crippen LogP contribution in [0.1, 0.15) is 51.9 Å². The van der Waals surface area contributed by atoms with Gasteiger partial charge in [0.1, 0.15) is 17.3 Å². The number of oxazole rings is 1. The third kappa shape index (κ3) is 5.09. The van der Waals surface area contributed by atoms with E-state index in [4.69, 9.17) is 9.15 Å². The lowest BCUT2D eigenvalue weighted by atomic mass is 9.92. The van der Waals surface area contributed by atoms with E-state index < -0.39 is 11.3 Å². The summed E-state index contributed by atoms with van der Waals surface area (Å²) in [5.74, 6) is -0.144. The number of carbonyl (C=O) groups excluding carboxylic acids is 3. The highest BCUT2D eigenvalue weighted by atomic mass is 32.2. The van der Waals surface area contributed by atoms with Gasteiger partial charge in [0.05, 0.1) is 24.5 Å². The van der Waals surface area contributed by atoms with Crippen LogP contribution >= 0.6 is 11.8 Å². The van der Waals surface area contributed by atoms with Crippen LogP contribution in [0, 0.1) is 0 Å². The van der Waals surface area contributed by atoms with Gasteiger partial charge in [0.2, 0.25) is 11.8 Å². The average molecular weight is 522 g/mol. The van der Waals surface area contributed by atoms with Crippen molar-refractivity contribution in [1.29, 1.82) is 0 Å². The largest absolute Gasteiger partial charge is 0.497 e. The van der Waals surface area contributed by atoms with Crippen LogP contribution in [0.15, 0.2) is 58.2 Å². The van der Waals surface area contributed by atoms with Crippen LogP contribution in [0.5, 0.6) is 5.75 Å². The van der Waals surface area contributed by atoms with Crippen LogP contribution in [0.25, 0.3) is 11.1 Å². The Morgan fingerprint density at radius 1 is 1.14 bits per heavy atom. The zero-order chi connectivity index (χ0) is 25.9. The molecule has 2 atom stereocenters. The number of aromatic nitrogens is 1. The molecule has 0 bridgehead atoms. The summed E-state index contributed by atoms with van der Waals surface area (Å²) in [7, 11) is 1.56. The van der Waals surface area contributed by atoms with E-state index >= 15 is 0 Å². The summed E-state index contributed by atoms with van der Waals surface area (Å²) in [4.78, 5) is 48.4. The molecule has 3 aromatic rings. The predicted molar refractivity (Wildman–Crippen MR) is 142 cm³/mol. The van der Waals surface area contributed by atoms with Crippen molar-refractivity contribution in [2.45, 2.75) is 74.4 Å². The summed E-state index contributed by atoms with van der Waals surface area (Å²) in [6, 6.07) is 13.4. The molecule has 2 unspecified atom stereocenters. The van der Waals surface area contributed by atoms with Gasteiger partial charge >= 0.3 is 0 Å². The van der Waals surface area contributed by atoms with Crippen molar-refractivity contribution in [2.24, 2.45) is 0 Å². The first-order chi connectivity index (χ1) is 18.0. The van der Waals surface area contributed by atoms with E-state index in [-0.39, 0.29) is 30.2 Å². The minimum absolute atomic E-state index is 0.0168. The first-order valence-electron chi connectivity index (χ1n) is 12.9. The summed E-state index contributed by atoms with van der Waals surface area (Å²) in [5.41, 5.74) is 1.90. The standard InChI is InChI=1S/C28H31N3O5S/c1-3-24(37-28-29-21-11-7-8-12-23(21)36-28)27(34)30(18-9-5-4-6-10-18)22-17-25(32)31(26(22)33)19-13-15-20(35-2)16-14-19/h7-8,11-16,18,22,24H,3-6,9-10,17H2,1-2H3. The maximum atomic E-state index is 14.1. The molecule has 1 aromatic heterocycles. The number of rotatable bonds is 8. The lowest BCUT2D eigenvalue weighted by molar-refractivity contribution is -0.141. The van der Waals surface area contributed by atoms with Gasteiger partial charge in [-0.25, -0.2) is 9.88 Å². The number of carbonyl (C=O) groups is 3. The third-order valence-corrected chi connectivity index (χ3v) is 8.37. The Morgan fingerprint density at radius 3 is 2.54 bits per heavy atom. The maximum Gasteiger partial charge on any atom is 0.257 e. The molecule has 0 radical (unpaired) electrons. The Bertz CT molecular complexity index is 1250. The summed E-state index contributed by atoms with van der Waals surface area (Å²) in [6.07, 6.45) is 5.30. The van der Waals surface area contributed by atoms with Gasteiger partial charge in [0.15, 0.2) is 5.58 Å². The number of benzene rings is 2. The average Bonchev–Trinajstić information content (AvgIpc) is 3.47. The van der Waals surface area contributed by atoms with Gasteiger partial charge in [0.25, 0.3) is 11.1 Å². The van der Waals surface area contributed by atoms with Gasteiger partial charge in [-0.1, -0.05) is 50.1 Å². The van der Waals surface area contributed by atoms with Crippen molar-refractivity contribution in [3.8, 4) is 5.75 Å². The van der Waals surface area contributed by atoms with E-state index in [1.165, 1.54) is 16.7 Å². The molecule has 37 heavy (non-hydrogen) atoms. The molecular formula is C28H31N3O5S. The summed E-state index contributed by atoms with van der Waals surface area (Å²) >= 11 is 1.28. The molecule has 1 aliphatic heterocycles. The first kappa shape index (κ1) is 25.3. The Hall–Kier alpha value is -3.33. The SMILES string of the molecule is CCC(Sc1nc2ccccc2o1)C(=O)N(C1CCCCC1)C1CC(=O)N(c2ccc(OC)cc2)C1=O. The van der Waals surface area contributed by atoms with Gasteiger partial charge in [-0.05, 0) is 55.7 Å². The number of imide groups is 1. The van der Waals surface area contributed by atoms with E-state index in [1.807, 2.05) is 31.2 Å². The normalized spacial score (nSPS) is 19.4. The molecule has 2 heterocycles. The second kappa shape index (κ2) is 11.0. The number of methoxy groups -OCH3 is 1.